The average molecular weight is 276 g/mol. The van der Waals surface area contributed by atoms with Crippen LogP contribution in [0.25, 0.3) is 21.9 Å². The molecule has 0 radical (unpaired) electrons. The van der Waals surface area contributed by atoms with E-state index in [0.29, 0.717) is 16.5 Å². The second-order valence-electron chi connectivity index (χ2n) is 3.44. The molecule has 78 valence electrons. The zero-order chi connectivity index (χ0) is 11.1. The molecule has 0 atom stereocenters. The fraction of sp³-hybridized carbons (Fsp3) is 0. The molecule has 2 heterocycles. The van der Waals surface area contributed by atoms with Crippen LogP contribution in [0.5, 0.6) is 0 Å². The predicted octanol–water partition coefficient (Wildman–Crippen LogP) is 3.10. The molecule has 0 amide bonds. The fourth-order valence-corrected chi connectivity index (χ4v) is 2.05. The first kappa shape index (κ1) is 9.54. The lowest BCUT2D eigenvalue weighted by molar-refractivity contribution is 0.569. The SMILES string of the molecule is O=c1oc2ccccc2c2ncc(Br)cc12. The molecule has 3 nitrogen and oxygen atoms in total. The maximum Gasteiger partial charge on any atom is 0.345 e. The van der Waals surface area contributed by atoms with E-state index in [2.05, 4.69) is 20.9 Å². The summed E-state index contributed by atoms with van der Waals surface area (Å²) in [6, 6.07) is 9.10. The van der Waals surface area contributed by atoms with Crippen LogP contribution in [0, 0.1) is 0 Å². The van der Waals surface area contributed by atoms with E-state index in [1.165, 1.54) is 0 Å². The first-order chi connectivity index (χ1) is 7.75. The topological polar surface area (TPSA) is 43.1 Å². The summed E-state index contributed by atoms with van der Waals surface area (Å²) >= 11 is 3.29. The molecule has 2 aromatic heterocycles. The number of nitrogens with zero attached hydrogens (tertiary/aromatic N) is 1. The van der Waals surface area contributed by atoms with E-state index in [-0.39, 0.29) is 5.63 Å². The molecule has 0 saturated carbocycles. The Morgan fingerprint density at radius 3 is 2.88 bits per heavy atom. The smallest absolute Gasteiger partial charge is 0.345 e. The standard InChI is InChI=1S/C12H6BrNO2/c13-7-5-9-11(14-6-7)8-3-1-2-4-10(8)16-12(9)15/h1-6H. The Balaban J connectivity index is 2.65. The highest BCUT2D eigenvalue weighted by Crippen LogP contribution is 2.22. The molecule has 0 aliphatic carbocycles. The minimum atomic E-state index is -0.359. The average Bonchev–Trinajstić information content (AvgIpc) is 2.29. The number of pyridine rings is 1. The van der Waals surface area contributed by atoms with Gasteiger partial charge in [0.25, 0.3) is 0 Å². The van der Waals surface area contributed by atoms with E-state index < -0.39 is 0 Å². The Bertz CT molecular complexity index is 749. The van der Waals surface area contributed by atoms with E-state index in [1.54, 1.807) is 18.3 Å². The largest absolute Gasteiger partial charge is 0.422 e. The van der Waals surface area contributed by atoms with Crippen LogP contribution in [0.15, 0.2) is 50.2 Å². The molecule has 0 N–H and O–H groups in total. The third-order valence-electron chi connectivity index (χ3n) is 2.42. The van der Waals surface area contributed by atoms with Gasteiger partial charge in [0, 0.05) is 16.1 Å². The van der Waals surface area contributed by atoms with Crippen molar-refractivity contribution in [3.63, 3.8) is 0 Å². The Hall–Kier alpha value is -1.68. The number of benzene rings is 1. The molecule has 0 unspecified atom stereocenters. The maximum atomic E-state index is 11.7. The molecule has 4 heteroatoms. The summed E-state index contributed by atoms with van der Waals surface area (Å²) in [7, 11) is 0. The van der Waals surface area contributed by atoms with Crippen LogP contribution in [0.1, 0.15) is 0 Å². The Labute approximate surface area is 98.8 Å². The van der Waals surface area contributed by atoms with Crippen molar-refractivity contribution in [1.82, 2.24) is 4.98 Å². The van der Waals surface area contributed by atoms with Gasteiger partial charge in [0.15, 0.2) is 0 Å². The molecular formula is C12H6BrNO2. The number of hydrogen-bond acceptors (Lipinski definition) is 3. The minimum Gasteiger partial charge on any atom is -0.422 e. The van der Waals surface area contributed by atoms with Gasteiger partial charge in [-0.15, -0.1) is 0 Å². The van der Waals surface area contributed by atoms with Gasteiger partial charge >= 0.3 is 5.63 Å². The molecule has 0 fully saturated rings. The van der Waals surface area contributed by atoms with Gasteiger partial charge in [-0.1, -0.05) is 12.1 Å². The molecule has 1 aromatic carbocycles. The van der Waals surface area contributed by atoms with Crippen LogP contribution in [0.4, 0.5) is 0 Å². The van der Waals surface area contributed by atoms with E-state index in [4.69, 9.17) is 4.42 Å². The molecule has 0 aliphatic heterocycles. The molecule has 0 saturated heterocycles. The third-order valence-corrected chi connectivity index (χ3v) is 2.85. The van der Waals surface area contributed by atoms with E-state index in [9.17, 15) is 4.79 Å². The number of fused-ring (bicyclic) bond motifs is 3. The van der Waals surface area contributed by atoms with Crippen LogP contribution in [-0.4, -0.2) is 4.98 Å². The predicted molar refractivity (Wildman–Crippen MR) is 65.5 cm³/mol. The minimum absolute atomic E-state index is 0.359. The number of rotatable bonds is 0. The third kappa shape index (κ3) is 1.34. The highest BCUT2D eigenvalue weighted by atomic mass is 79.9. The summed E-state index contributed by atoms with van der Waals surface area (Å²) in [5.41, 5.74) is 0.882. The molecule has 3 rings (SSSR count). The molecule has 0 bridgehead atoms. The maximum absolute atomic E-state index is 11.7. The highest BCUT2D eigenvalue weighted by molar-refractivity contribution is 9.10. The molecule has 0 spiro atoms. The van der Waals surface area contributed by atoms with Crippen LogP contribution >= 0.6 is 15.9 Å². The summed E-state index contributed by atoms with van der Waals surface area (Å²) in [6.45, 7) is 0. The van der Waals surface area contributed by atoms with Crippen molar-refractivity contribution >= 4 is 37.8 Å². The second-order valence-corrected chi connectivity index (χ2v) is 4.35. The second kappa shape index (κ2) is 3.42. The zero-order valence-corrected chi connectivity index (χ0v) is 9.69. The summed E-state index contributed by atoms with van der Waals surface area (Å²) in [6.07, 6.45) is 1.67. The monoisotopic (exact) mass is 275 g/mol. The highest BCUT2D eigenvalue weighted by Gasteiger charge is 2.07. The lowest BCUT2D eigenvalue weighted by atomic mass is 10.1. The van der Waals surface area contributed by atoms with Crippen molar-refractivity contribution < 1.29 is 4.42 Å². The van der Waals surface area contributed by atoms with Crippen molar-refractivity contribution in [1.29, 1.82) is 0 Å². The first-order valence-corrected chi connectivity index (χ1v) is 5.52. The lowest BCUT2D eigenvalue weighted by Gasteiger charge is -2.01. The van der Waals surface area contributed by atoms with E-state index >= 15 is 0 Å². The summed E-state index contributed by atoms with van der Waals surface area (Å²) < 4.78 is 5.98. The van der Waals surface area contributed by atoms with Gasteiger partial charge < -0.3 is 4.42 Å². The number of aromatic nitrogens is 1. The summed E-state index contributed by atoms with van der Waals surface area (Å²) in [5, 5.41) is 1.35. The normalized spacial score (nSPS) is 11.1. The van der Waals surface area contributed by atoms with Crippen LogP contribution in [0.2, 0.25) is 0 Å². The van der Waals surface area contributed by atoms with E-state index in [1.807, 2.05) is 18.2 Å². The molecule has 16 heavy (non-hydrogen) atoms. The van der Waals surface area contributed by atoms with Crippen LogP contribution in [-0.2, 0) is 0 Å². The van der Waals surface area contributed by atoms with E-state index in [0.717, 1.165) is 9.86 Å². The Morgan fingerprint density at radius 2 is 2.00 bits per heavy atom. The van der Waals surface area contributed by atoms with Gasteiger partial charge in [-0.3, -0.25) is 4.98 Å². The quantitative estimate of drug-likeness (QED) is 0.468. The van der Waals surface area contributed by atoms with Crippen LogP contribution < -0.4 is 5.63 Å². The van der Waals surface area contributed by atoms with Crippen molar-refractivity contribution in [2.45, 2.75) is 0 Å². The van der Waals surface area contributed by atoms with Gasteiger partial charge in [0.1, 0.15) is 5.58 Å². The van der Waals surface area contributed by atoms with Gasteiger partial charge in [-0.25, -0.2) is 4.79 Å². The van der Waals surface area contributed by atoms with Gasteiger partial charge in [0.05, 0.1) is 10.9 Å². The Kier molecular flexibility index (Phi) is 2.04. The fourth-order valence-electron chi connectivity index (χ4n) is 1.72. The number of hydrogen-bond donors (Lipinski definition) is 0. The number of para-hydroxylation sites is 1. The van der Waals surface area contributed by atoms with Gasteiger partial charge in [-0.05, 0) is 34.1 Å². The summed E-state index contributed by atoms with van der Waals surface area (Å²) in [4.78, 5) is 16.0. The van der Waals surface area contributed by atoms with Crippen molar-refractivity contribution in [3.8, 4) is 0 Å². The first-order valence-electron chi connectivity index (χ1n) is 4.73. The number of halogens is 1. The van der Waals surface area contributed by atoms with Crippen molar-refractivity contribution in [2.75, 3.05) is 0 Å². The lowest BCUT2D eigenvalue weighted by Crippen LogP contribution is -2.00. The molecular weight excluding hydrogens is 270 g/mol. The van der Waals surface area contributed by atoms with Gasteiger partial charge in [-0.2, -0.15) is 0 Å². The summed E-state index contributed by atoms with van der Waals surface area (Å²) in [5.74, 6) is 0. The van der Waals surface area contributed by atoms with Crippen molar-refractivity contribution in [2.24, 2.45) is 0 Å². The van der Waals surface area contributed by atoms with Crippen molar-refractivity contribution in [3.05, 3.63) is 51.4 Å². The van der Waals surface area contributed by atoms with Crippen LogP contribution in [0.3, 0.4) is 0 Å². The Morgan fingerprint density at radius 1 is 1.19 bits per heavy atom. The molecule has 3 aromatic rings. The van der Waals surface area contributed by atoms with Gasteiger partial charge in [0.2, 0.25) is 0 Å². The zero-order valence-electron chi connectivity index (χ0n) is 8.11. The molecule has 0 aliphatic rings.